The number of carbonyl (C=O) groups is 1. The lowest BCUT2D eigenvalue weighted by atomic mass is 10.1. The number of rotatable bonds is 2. The van der Waals surface area contributed by atoms with E-state index in [1.54, 1.807) is 6.07 Å². The highest BCUT2D eigenvalue weighted by atomic mass is 32.1. The minimum atomic E-state index is -0.205. The molecular weight excluding hydrogens is 294 g/mol. The van der Waals surface area contributed by atoms with E-state index in [0.29, 0.717) is 5.69 Å². The number of nitrogens with zero attached hydrogens (tertiary/aromatic N) is 1. The topological polar surface area (TPSA) is 68.0 Å². The van der Waals surface area contributed by atoms with Gasteiger partial charge in [-0.15, -0.1) is 11.3 Å². The SMILES string of the molecule is Cc1ccccc1NC(=O)c1cc(C)c2c(N)c(C)sc2n1. The third-order valence-corrected chi connectivity index (χ3v) is 4.72. The van der Waals surface area contributed by atoms with Gasteiger partial charge in [0.05, 0.1) is 5.69 Å². The highest BCUT2D eigenvalue weighted by Crippen LogP contribution is 2.34. The number of aromatic nitrogens is 1. The van der Waals surface area contributed by atoms with Crippen LogP contribution in [-0.4, -0.2) is 10.9 Å². The van der Waals surface area contributed by atoms with Crippen LogP contribution >= 0.6 is 11.3 Å². The van der Waals surface area contributed by atoms with Gasteiger partial charge < -0.3 is 11.1 Å². The van der Waals surface area contributed by atoms with Gasteiger partial charge in [0.15, 0.2) is 0 Å². The van der Waals surface area contributed by atoms with Crippen molar-refractivity contribution in [3.63, 3.8) is 0 Å². The summed E-state index contributed by atoms with van der Waals surface area (Å²) in [6, 6.07) is 9.47. The number of pyridine rings is 1. The van der Waals surface area contributed by atoms with Crippen molar-refractivity contribution in [2.45, 2.75) is 20.8 Å². The fourth-order valence-corrected chi connectivity index (χ4v) is 3.46. The number of nitrogens with two attached hydrogens (primary N) is 1. The first-order valence-corrected chi connectivity index (χ1v) is 7.82. The van der Waals surface area contributed by atoms with Crippen molar-refractivity contribution in [2.24, 2.45) is 0 Å². The first-order chi connectivity index (χ1) is 10.5. The Bertz CT molecular complexity index is 883. The van der Waals surface area contributed by atoms with Gasteiger partial charge in [0, 0.05) is 16.0 Å². The maximum atomic E-state index is 12.5. The van der Waals surface area contributed by atoms with Gasteiger partial charge in [-0.05, 0) is 44.0 Å². The van der Waals surface area contributed by atoms with Crippen LogP contribution in [0.15, 0.2) is 30.3 Å². The van der Waals surface area contributed by atoms with Crippen molar-refractivity contribution in [1.82, 2.24) is 4.98 Å². The maximum Gasteiger partial charge on any atom is 0.274 e. The average Bonchev–Trinajstić information content (AvgIpc) is 2.76. The molecule has 2 heterocycles. The number of fused-ring (bicyclic) bond motifs is 1. The van der Waals surface area contributed by atoms with Crippen molar-refractivity contribution < 1.29 is 4.79 Å². The molecule has 1 aromatic carbocycles. The fourth-order valence-electron chi connectivity index (χ4n) is 2.44. The number of para-hydroxylation sites is 1. The molecule has 0 fully saturated rings. The zero-order chi connectivity index (χ0) is 15.9. The second kappa shape index (κ2) is 5.42. The number of amides is 1. The molecule has 112 valence electrons. The number of carbonyl (C=O) groups excluding carboxylic acids is 1. The third-order valence-electron chi connectivity index (χ3n) is 3.71. The molecule has 0 radical (unpaired) electrons. The second-order valence-corrected chi connectivity index (χ2v) is 6.55. The van der Waals surface area contributed by atoms with Crippen LogP contribution in [0.5, 0.6) is 0 Å². The predicted molar refractivity (Wildman–Crippen MR) is 92.6 cm³/mol. The van der Waals surface area contributed by atoms with Crippen molar-refractivity contribution in [2.75, 3.05) is 11.1 Å². The summed E-state index contributed by atoms with van der Waals surface area (Å²) in [4.78, 5) is 18.8. The Morgan fingerprint density at radius 3 is 2.64 bits per heavy atom. The summed E-state index contributed by atoms with van der Waals surface area (Å²) in [5.41, 5.74) is 10.0. The van der Waals surface area contributed by atoms with Crippen LogP contribution in [-0.2, 0) is 0 Å². The number of aryl methyl sites for hydroxylation is 3. The normalized spacial score (nSPS) is 10.9. The molecule has 0 aliphatic carbocycles. The monoisotopic (exact) mass is 311 g/mol. The Labute approximate surface area is 133 Å². The smallest absolute Gasteiger partial charge is 0.274 e. The molecule has 0 spiro atoms. The lowest BCUT2D eigenvalue weighted by Crippen LogP contribution is -2.14. The van der Waals surface area contributed by atoms with Gasteiger partial charge in [-0.25, -0.2) is 4.98 Å². The largest absolute Gasteiger partial charge is 0.397 e. The average molecular weight is 311 g/mol. The van der Waals surface area contributed by atoms with E-state index >= 15 is 0 Å². The van der Waals surface area contributed by atoms with Gasteiger partial charge in [-0.3, -0.25) is 4.79 Å². The van der Waals surface area contributed by atoms with Gasteiger partial charge in [0.2, 0.25) is 0 Å². The molecule has 3 N–H and O–H groups in total. The van der Waals surface area contributed by atoms with E-state index in [4.69, 9.17) is 5.73 Å². The van der Waals surface area contributed by atoms with Crippen LogP contribution in [0.3, 0.4) is 0 Å². The molecule has 3 rings (SSSR count). The van der Waals surface area contributed by atoms with Crippen molar-refractivity contribution in [1.29, 1.82) is 0 Å². The minimum absolute atomic E-state index is 0.205. The highest BCUT2D eigenvalue weighted by molar-refractivity contribution is 7.19. The summed E-state index contributed by atoms with van der Waals surface area (Å²) in [6.07, 6.45) is 0. The van der Waals surface area contributed by atoms with Gasteiger partial charge in [0.1, 0.15) is 10.5 Å². The standard InChI is InChI=1S/C17H17N3OS/c1-9-6-4-5-7-12(9)19-16(21)13-8-10(2)14-15(18)11(3)22-17(14)20-13/h4-8H,18H2,1-3H3,(H,19,21). The van der Waals surface area contributed by atoms with Crippen LogP contribution in [0.4, 0.5) is 11.4 Å². The van der Waals surface area contributed by atoms with Gasteiger partial charge >= 0.3 is 0 Å². The predicted octanol–water partition coefficient (Wildman–Crippen LogP) is 4.06. The summed E-state index contributed by atoms with van der Waals surface area (Å²) >= 11 is 1.52. The van der Waals surface area contributed by atoms with E-state index in [1.165, 1.54) is 11.3 Å². The summed E-state index contributed by atoms with van der Waals surface area (Å²) in [6.45, 7) is 5.88. The number of nitrogens with one attached hydrogen (secondary N) is 1. The molecule has 0 aliphatic rings. The van der Waals surface area contributed by atoms with Crippen LogP contribution in [0.2, 0.25) is 0 Å². The van der Waals surface area contributed by atoms with Crippen LogP contribution in [0.25, 0.3) is 10.2 Å². The Balaban J connectivity index is 2.00. The van der Waals surface area contributed by atoms with E-state index in [-0.39, 0.29) is 5.91 Å². The van der Waals surface area contributed by atoms with E-state index in [0.717, 1.165) is 37.6 Å². The number of hydrogen-bond acceptors (Lipinski definition) is 4. The number of thiophene rings is 1. The van der Waals surface area contributed by atoms with Crippen LogP contribution < -0.4 is 11.1 Å². The van der Waals surface area contributed by atoms with Crippen molar-refractivity contribution >= 4 is 38.8 Å². The molecule has 0 saturated carbocycles. The van der Waals surface area contributed by atoms with Gasteiger partial charge in [-0.2, -0.15) is 0 Å². The Morgan fingerprint density at radius 2 is 1.91 bits per heavy atom. The molecule has 5 heteroatoms. The lowest BCUT2D eigenvalue weighted by Gasteiger charge is -2.08. The number of hydrogen-bond donors (Lipinski definition) is 2. The molecule has 22 heavy (non-hydrogen) atoms. The molecule has 0 unspecified atom stereocenters. The van der Waals surface area contributed by atoms with E-state index in [9.17, 15) is 4.79 Å². The zero-order valence-electron chi connectivity index (χ0n) is 12.7. The van der Waals surface area contributed by atoms with Gasteiger partial charge in [-0.1, -0.05) is 18.2 Å². The summed E-state index contributed by atoms with van der Waals surface area (Å²) in [7, 11) is 0. The molecule has 3 aromatic rings. The minimum Gasteiger partial charge on any atom is -0.397 e. The van der Waals surface area contributed by atoms with Crippen molar-refractivity contribution in [3.05, 3.63) is 52.0 Å². The summed E-state index contributed by atoms with van der Waals surface area (Å²) < 4.78 is 0. The molecule has 1 amide bonds. The molecular formula is C17H17N3OS. The quantitative estimate of drug-likeness (QED) is 0.750. The number of anilines is 2. The Hall–Kier alpha value is -2.40. The fraction of sp³-hybridized carbons (Fsp3) is 0.176. The molecule has 0 atom stereocenters. The Morgan fingerprint density at radius 1 is 1.18 bits per heavy atom. The van der Waals surface area contributed by atoms with Crippen LogP contribution in [0.1, 0.15) is 26.5 Å². The summed E-state index contributed by atoms with van der Waals surface area (Å²) in [5, 5.41) is 3.87. The van der Waals surface area contributed by atoms with Gasteiger partial charge in [0.25, 0.3) is 5.91 Å². The first-order valence-electron chi connectivity index (χ1n) is 7.00. The Kier molecular flexibility index (Phi) is 3.58. The van der Waals surface area contributed by atoms with E-state index in [2.05, 4.69) is 10.3 Å². The molecule has 0 saturated heterocycles. The molecule has 0 bridgehead atoms. The molecule has 2 aromatic heterocycles. The summed E-state index contributed by atoms with van der Waals surface area (Å²) in [5.74, 6) is -0.205. The molecule has 0 aliphatic heterocycles. The van der Waals surface area contributed by atoms with Crippen molar-refractivity contribution in [3.8, 4) is 0 Å². The first kappa shape index (κ1) is 14.5. The lowest BCUT2D eigenvalue weighted by molar-refractivity contribution is 0.102. The second-order valence-electron chi connectivity index (χ2n) is 5.35. The number of benzene rings is 1. The number of nitrogen functional groups attached to an aromatic ring is 1. The van der Waals surface area contributed by atoms with E-state index < -0.39 is 0 Å². The van der Waals surface area contributed by atoms with Crippen LogP contribution in [0, 0.1) is 20.8 Å². The molecule has 4 nitrogen and oxygen atoms in total. The van der Waals surface area contributed by atoms with E-state index in [1.807, 2.05) is 45.0 Å². The highest BCUT2D eigenvalue weighted by Gasteiger charge is 2.15. The maximum absolute atomic E-state index is 12.5. The third kappa shape index (κ3) is 2.44. The zero-order valence-corrected chi connectivity index (χ0v) is 13.5.